The van der Waals surface area contributed by atoms with Crippen LogP contribution in [-0.2, 0) is 7.05 Å². The van der Waals surface area contributed by atoms with Crippen molar-refractivity contribution in [3.63, 3.8) is 0 Å². The highest BCUT2D eigenvalue weighted by Gasteiger charge is 2.18. The van der Waals surface area contributed by atoms with E-state index in [0.29, 0.717) is 11.4 Å². The van der Waals surface area contributed by atoms with Crippen LogP contribution in [0.3, 0.4) is 0 Å². The molecule has 1 heterocycles. The number of aryl methyl sites for hydroxylation is 1. The van der Waals surface area contributed by atoms with Crippen LogP contribution in [0.15, 0.2) is 18.2 Å². The van der Waals surface area contributed by atoms with Gasteiger partial charge in [-0.2, -0.15) is 13.9 Å². The predicted octanol–water partition coefficient (Wildman–Crippen LogP) is 3.89. The van der Waals surface area contributed by atoms with Crippen molar-refractivity contribution in [2.75, 3.05) is 5.32 Å². The molecular formula is C13H11Cl2F2N3O2. The summed E-state index contributed by atoms with van der Waals surface area (Å²) in [5, 5.41) is 6.72. The molecule has 0 fully saturated rings. The molecule has 0 atom stereocenters. The van der Waals surface area contributed by atoms with E-state index >= 15 is 0 Å². The summed E-state index contributed by atoms with van der Waals surface area (Å²) in [6, 6.07) is 3.90. The molecule has 118 valence electrons. The number of aromatic nitrogens is 2. The van der Waals surface area contributed by atoms with Gasteiger partial charge in [0, 0.05) is 12.7 Å². The van der Waals surface area contributed by atoms with Crippen molar-refractivity contribution in [2.45, 2.75) is 13.5 Å². The van der Waals surface area contributed by atoms with Crippen LogP contribution in [-0.4, -0.2) is 22.3 Å². The molecule has 0 saturated heterocycles. The van der Waals surface area contributed by atoms with Crippen LogP contribution in [0.2, 0.25) is 10.0 Å². The molecule has 22 heavy (non-hydrogen) atoms. The second-order valence-electron chi connectivity index (χ2n) is 4.35. The van der Waals surface area contributed by atoms with Crippen molar-refractivity contribution >= 4 is 34.8 Å². The van der Waals surface area contributed by atoms with E-state index in [2.05, 4.69) is 15.2 Å². The molecule has 1 N–H and O–H groups in total. The summed E-state index contributed by atoms with van der Waals surface area (Å²) in [6.07, 6.45) is 0. The van der Waals surface area contributed by atoms with Gasteiger partial charge in [0.05, 0.1) is 15.7 Å². The molecule has 1 aromatic heterocycles. The Morgan fingerprint density at radius 2 is 2.09 bits per heavy atom. The Labute approximate surface area is 134 Å². The molecule has 9 heteroatoms. The number of nitrogens with zero attached hydrogens (tertiary/aromatic N) is 2. The first-order chi connectivity index (χ1) is 10.3. The third-order valence-corrected chi connectivity index (χ3v) is 3.63. The van der Waals surface area contributed by atoms with Gasteiger partial charge in [0.15, 0.2) is 5.69 Å². The Bertz CT molecular complexity index is 720. The average Bonchev–Trinajstić information content (AvgIpc) is 2.69. The van der Waals surface area contributed by atoms with E-state index in [1.54, 1.807) is 14.0 Å². The summed E-state index contributed by atoms with van der Waals surface area (Å²) < 4.78 is 30.0. The number of amides is 1. The van der Waals surface area contributed by atoms with E-state index in [0.717, 1.165) is 0 Å². The SMILES string of the molecule is Cc1c(Cl)c(C(=O)Nc2ccc(OC(F)F)c(Cl)c2)nn1C. The van der Waals surface area contributed by atoms with Gasteiger partial charge in [0.2, 0.25) is 0 Å². The Kier molecular flexibility index (Phi) is 4.87. The highest BCUT2D eigenvalue weighted by Crippen LogP contribution is 2.29. The lowest BCUT2D eigenvalue weighted by Crippen LogP contribution is -2.13. The minimum Gasteiger partial charge on any atom is -0.433 e. The molecule has 0 bridgehead atoms. The van der Waals surface area contributed by atoms with Gasteiger partial charge in [-0.3, -0.25) is 9.48 Å². The molecule has 1 aromatic carbocycles. The zero-order valence-corrected chi connectivity index (χ0v) is 13.0. The van der Waals surface area contributed by atoms with Crippen LogP contribution in [0, 0.1) is 6.92 Å². The lowest BCUT2D eigenvalue weighted by atomic mass is 10.3. The highest BCUT2D eigenvalue weighted by atomic mass is 35.5. The lowest BCUT2D eigenvalue weighted by molar-refractivity contribution is -0.0497. The second kappa shape index (κ2) is 6.50. The van der Waals surface area contributed by atoms with Crippen LogP contribution in [0.1, 0.15) is 16.2 Å². The van der Waals surface area contributed by atoms with Gasteiger partial charge >= 0.3 is 6.61 Å². The molecule has 0 radical (unpaired) electrons. The van der Waals surface area contributed by atoms with Gasteiger partial charge in [-0.05, 0) is 25.1 Å². The molecule has 2 aromatic rings. The van der Waals surface area contributed by atoms with Gasteiger partial charge in [-0.1, -0.05) is 23.2 Å². The largest absolute Gasteiger partial charge is 0.433 e. The van der Waals surface area contributed by atoms with Crippen LogP contribution in [0.25, 0.3) is 0 Å². The number of anilines is 1. The Morgan fingerprint density at radius 1 is 1.41 bits per heavy atom. The maximum atomic E-state index is 12.1. The Hall–Kier alpha value is -1.86. The molecule has 0 saturated carbocycles. The van der Waals surface area contributed by atoms with Gasteiger partial charge < -0.3 is 10.1 Å². The molecule has 2 rings (SSSR count). The van der Waals surface area contributed by atoms with Crippen LogP contribution < -0.4 is 10.1 Å². The van der Waals surface area contributed by atoms with E-state index in [1.807, 2.05) is 0 Å². The molecule has 0 aliphatic rings. The number of alkyl halides is 2. The summed E-state index contributed by atoms with van der Waals surface area (Å²) in [7, 11) is 1.66. The van der Waals surface area contributed by atoms with Gasteiger partial charge in [0.25, 0.3) is 5.91 Å². The quantitative estimate of drug-likeness (QED) is 0.910. The maximum Gasteiger partial charge on any atom is 0.387 e. The average molecular weight is 350 g/mol. The Balaban J connectivity index is 2.18. The van der Waals surface area contributed by atoms with E-state index in [-0.39, 0.29) is 21.5 Å². The highest BCUT2D eigenvalue weighted by molar-refractivity contribution is 6.35. The number of nitrogens with one attached hydrogen (secondary N) is 1. The number of hydrogen-bond donors (Lipinski definition) is 1. The monoisotopic (exact) mass is 349 g/mol. The van der Waals surface area contributed by atoms with Crippen LogP contribution in [0.5, 0.6) is 5.75 Å². The number of benzene rings is 1. The minimum atomic E-state index is -2.98. The van der Waals surface area contributed by atoms with Gasteiger partial charge in [-0.25, -0.2) is 0 Å². The number of halogens is 4. The first-order valence-corrected chi connectivity index (χ1v) is 6.80. The van der Waals surface area contributed by atoms with Gasteiger partial charge in [0.1, 0.15) is 5.75 Å². The zero-order chi connectivity index (χ0) is 16.4. The molecule has 0 aliphatic carbocycles. The maximum absolute atomic E-state index is 12.1. The second-order valence-corrected chi connectivity index (χ2v) is 5.13. The summed E-state index contributed by atoms with van der Waals surface area (Å²) in [5.74, 6) is -0.714. The van der Waals surface area contributed by atoms with Crippen molar-refractivity contribution in [3.05, 3.63) is 39.6 Å². The number of hydrogen-bond acceptors (Lipinski definition) is 3. The topological polar surface area (TPSA) is 56.1 Å². The van der Waals surface area contributed by atoms with Crippen molar-refractivity contribution in [3.8, 4) is 5.75 Å². The minimum absolute atomic E-state index is 0.0543. The van der Waals surface area contributed by atoms with Crippen molar-refractivity contribution in [1.29, 1.82) is 0 Å². The molecule has 5 nitrogen and oxygen atoms in total. The third kappa shape index (κ3) is 3.48. The lowest BCUT2D eigenvalue weighted by Gasteiger charge is -2.09. The first-order valence-electron chi connectivity index (χ1n) is 6.04. The fourth-order valence-electron chi connectivity index (χ4n) is 1.69. The number of carbonyl (C=O) groups excluding carboxylic acids is 1. The smallest absolute Gasteiger partial charge is 0.387 e. The summed E-state index contributed by atoms with van der Waals surface area (Å²) in [5.41, 5.74) is 1.01. The van der Waals surface area contributed by atoms with E-state index < -0.39 is 12.5 Å². The van der Waals surface area contributed by atoms with E-state index in [1.165, 1.54) is 22.9 Å². The van der Waals surface area contributed by atoms with Crippen LogP contribution in [0.4, 0.5) is 14.5 Å². The summed E-state index contributed by atoms with van der Waals surface area (Å²) in [4.78, 5) is 12.1. The third-order valence-electron chi connectivity index (χ3n) is 2.88. The molecule has 0 spiro atoms. The molecule has 1 amide bonds. The fourth-order valence-corrected chi connectivity index (χ4v) is 2.16. The summed E-state index contributed by atoms with van der Waals surface area (Å²) >= 11 is 11.8. The van der Waals surface area contributed by atoms with E-state index in [9.17, 15) is 13.6 Å². The summed E-state index contributed by atoms with van der Waals surface area (Å²) in [6.45, 7) is -1.26. The molecule has 0 unspecified atom stereocenters. The van der Waals surface area contributed by atoms with Gasteiger partial charge in [-0.15, -0.1) is 0 Å². The van der Waals surface area contributed by atoms with Crippen molar-refractivity contribution in [2.24, 2.45) is 7.05 Å². The van der Waals surface area contributed by atoms with E-state index in [4.69, 9.17) is 23.2 Å². The molecular weight excluding hydrogens is 339 g/mol. The first kappa shape index (κ1) is 16.5. The van der Waals surface area contributed by atoms with Crippen LogP contribution >= 0.6 is 23.2 Å². The Morgan fingerprint density at radius 3 is 2.59 bits per heavy atom. The van der Waals surface area contributed by atoms with Crippen molar-refractivity contribution in [1.82, 2.24) is 9.78 Å². The van der Waals surface area contributed by atoms with Crippen molar-refractivity contribution < 1.29 is 18.3 Å². The fraction of sp³-hybridized carbons (Fsp3) is 0.231. The number of ether oxygens (including phenoxy) is 1. The predicted molar refractivity (Wildman–Crippen MR) is 79.0 cm³/mol. The number of carbonyl (C=O) groups is 1. The normalized spacial score (nSPS) is 10.9. The molecule has 0 aliphatic heterocycles. The number of rotatable bonds is 4. The standard InChI is InChI=1S/C13H11Cl2F2N3O2/c1-6-10(15)11(19-20(6)2)12(21)18-7-3-4-9(8(14)5-7)22-13(16)17/h3-5,13H,1-2H3,(H,18,21). The zero-order valence-electron chi connectivity index (χ0n) is 11.5.